The van der Waals surface area contributed by atoms with Gasteiger partial charge in [-0.1, -0.05) is 0 Å². The monoisotopic (exact) mass is 207 g/mol. The Morgan fingerprint density at radius 3 is 1.85 bits per heavy atom. The zero-order valence-electron chi connectivity index (χ0n) is 6.62. The third kappa shape index (κ3) is 3.87. The highest BCUT2D eigenvalue weighted by molar-refractivity contribution is 4.84. The molecule has 0 rings (SSSR count). The van der Waals surface area contributed by atoms with Gasteiger partial charge in [-0.3, -0.25) is 0 Å². The van der Waals surface area contributed by atoms with Crippen LogP contribution in [0.4, 0.5) is 26.3 Å². The predicted molar refractivity (Wildman–Crippen MR) is 35.3 cm³/mol. The Morgan fingerprint density at radius 1 is 1.08 bits per heavy atom. The van der Waals surface area contributed by atoms with Gasteiger partial charge in [0.05, 0.1) is 0 Å². The van der Waals surface area contributed by atoms with E-state index in [1.54, 1.807) is 0 Å². The van der Waals surface area contributed by atoms with Crippen LogP contribution in [0.3, 0.4) is 0 Å². The molecule has 0 fully saturated rings. The molecule has 0 aromatic heterocycles. The highest BCUT2D eigenvalue weighted by Crippen LogP contribution is 2.30. The third-order valence-corrected chi connectivity index (χ3v) is 1.46. The van der Waals surface area contributed by atoms with Crippen LogP contribution in [0.15, 0.2) is 0 Å². The van der Waals surface area contributed by atoms with Gasteiger partial charge in [0, 0.05) is 12.8 Å². The van der Waals surface area contributed by atoms with E-state index < -0.39 is 37.5 Å². The number of rotatable bonds is 5. The summed E-state index contributed by atoms with van der Waals surface area (Å²) in [5, 5.41) is 0. The van der Waals surface area contributed by atoms with Gasteiger partial charge in [0.15, 0.2) is 6.17 Å². The fourth-order valence-corrected chi connectivity index (χ4v) is 0.692. The van der Waals surface area contributed by atoms with Gasteiger partial charge in [-0.25, -0.2) is 26.3 Å². The topological polar surface area (TPSA) is 0 Å². The van der Waals surface area contributed by atoms with E-state index in [1.807, 2.05) is 0 Å². The van der Waals surface area contributed by atoms with E-state index in [4.69, 9.17) is 0 Å². The molecule has 0 saturated heterocycles. The second-order valence-corrected chi connectivity index (χ2v) is 2.56. The Balaban J connectivity index is 4.16. The highest BCUT2D eigenvalue weighted by Gasteiger charge is 2.44. The van der Waals surface area contributed by atoms with Crippen molar-refractivity contribution in [1.29, 1.82) is 0 Å². The molecule has 0 aromatic rings. The molecular weight excluding hydrogens is 198 g/mol. The molecule has 79 valence electrons. The lowest BCUT2D eigenvalue weighted by atomic mass is 10.1. The van der Waals surface area contributed by atoms with Crippen molar-refractivity contribution in [2.24, 2.45) is 0 Å². The minimum absolute atomic E-state index is 1.15. The van der Waals surface area contributed by atoms with Crippen LogP contribution in [0.25, 0.3) is 0 Å². The summed E-state index contributed by atoms with van der Waals surface area (Å²) in [5.41, 5.74) is 0. The van der Waals surface area contributed by atoms with Crippen molar-refractivity contribution in [3.8, 4) is 0 Å². The molecule has 0 N–H and O–H groups in total. The van der Waals surface area contributed by atoms with Crippen LogP contribution in [-0.4, -0.2) is 24.7 Å². The summed E-state index contributed by atoms with van der Waals surface area (Å²) in [6, 6.07) is 0. The molecule has 0 aliphatic carbocycles. The predicted octanol–water partition coefficient (Wildman–Crippen LogP) is 3.18. The van der Waals surface area contributed by atoms with Crippen LogP contribution in [-0.2, 0) is 0 Å². The third-order valence-electron chi connectivity index (χ3n) is 1.46. The molecule has 0 nitrogen and oxygen atoms in total. The van der Waals surface area contributed by atoms with Gasteiger partial charge in [-0.05, 0) is 6.92 Å². The first-order chi connectivity index (χ1) is 5.81. The van der Waals surface area contributed by atoms with Crippen LogP contribution in [0.1, 0.15) is 12.8 Å². The van der Waals surface area contributed by atoms with E-state index in [9.17, 15) is 26.3 Å². The molecule has 0 saturated carbocycles. The first-order valence-electron chi connectivity index (χ1n) is 3.54. The fraction of sp³-hybridized carbons (Fsp3) is 0.857. The molecule has 1 unspecified atom stereocenters. The second-order valence-electron chi connectivity index (χ2n) is 2.56. The summed E-state index contributed by atoms with van der Waals surface area (Å²) < 4.78 is 72.4. The molecular formula is C7H9F6. The smallest absolute Gasteiger partial charge is 0.244 e. The van der Waals surface area contributed by atoms with Crippen LogP contribution in [0, 0.1) is 6.92 Å². The zero-order valence-corrected chi connectivity index (χ0v) is 6.62. The Hall–Kier alpha value is -0.420. The molecule has 13 heavy (non-hydrogen) atoms. The summed E-state index contributed by atoms with van der Waals surface area (Å²) in [6.45, 7) is 2.70. The summed E-state index contributed by atoms with van der Waals surface area (Å²) in [6.07, 6.45) is -11.9. The Labute approximate surface area is 71.9 Å². The summed E-state index contributed by atoms with van der Waals surface area (Å²) in [5.74, 6) is -3.98. The molecule has 0 bridgehead atoms. The van der Waals surface area contributed by atoms with E-state index >= 15 is 0 Å². The fourth-order valence-electron chi connectivity index (χ4n) is 0.692. The number of hydrogen-bond acceptors (Lipinski definition) is 0. The van der Waals surface area contributed by atoms with Crippen LogP contribution in [0.5, 0.6) is 0 Å². The molecule has 1 radical (unpaired) electrons. The maximum absolute atomic E-state index is 12.4. The summed E-state index contributed by atoms with van der Waals surface area (Å²) in [7, 11) is 0. The molecule has 0 aliphatic rings. The van der Waals surface area contributed by atoms with E-state index in [0.29, 0.717) is 0 Å². The highest BCUT2D eigenvalue weighted by atomic mass is 19.3. The van der Waals surface area contributed by atoms with Crippen LogP contribution < -0.4 is 0 Å². The van der Waals surface area contributed by atoms with Crippen molar-refractivity contribution in [2.75, 3.05) is 0 Å². The van der Waals surface area contributed by atoms with Gasteiger partial charge in [0.25, 0.3) is 5.92 Å². The van der Waals surface area contributed by atoms with E-state index in [1.165, 1.54) is 0 Å². The second kappa shape index (κ2) is 4.72. The van der Waals surface area contributed by atoms with Crippen molar-refractivity contribution >= 4 is 0 Å². The molecule has 6 heteroatoms. The van der Waals surface area contributed by atoms with Crippen molar-refractivity contribution in [1.82, 2.24) is 0 Å². The van der Waals surface area contributed by atoms with Crippen LogP contribution in [0.2, 0.25) is 0 Å². The van der Waals surface area contributed by atoms with E-state index in [2.05, 4.69) is 6.92 Å². The lowest BCUT2D eigenvalue weighted by Gasteiger charge is -2.21. The minimum Gasteiger partial charge on any atom is -0.244 e. The van der Waals surface area contributed by atoms with Gasteiger partial charge >= 0.3 is 0 Å². The Kier molecular flexibility index (Phi) is 4.56. The Morgan fingerprint density at radius 2 is 1.54 bits per heavy atom. The van der Waals surface area contributed by atoms with Gasteiger partial charge in [0.2, 0.25) is 6.43 Å². The lowest BCUT2D eigenvalue weighted by Crippen LogP contribution is -2.37. The maximum Gasteiger partial charge on any atom is 0.281 e. The van der Waals surface area contributed by atoms with E-state index in [-0.39, 0.29) is 0 Å². The normalized spacial score (nSPS) is 17.5. The van der Waals surface area contributed by atoms with Crippen molar-refractivity contribution in [2.45, 2.75) is 37.5 Å². The van der Waals surface area contributed by atoms with E-state index in [0.717, 1.165) is 0 Å². The first-order valence-corrected chi connectivity index (χ1v) is 3.54. The standard InChI is InChI=1S/C7H9F6/c1-2-7(12,13)6(11)4(8)3-5(9)10/h4-6H,1-3H2/t4?,6-/m0/s1. The van der Waals surface area contributed by atoms with Crippen molar-refractivity contribution in [3.63, 3.8) is 0 Å². The van der Waals surface area contributed by atoms with Gasteiger partial charge in [-0.2, -0.15) is 0 Å². The molecule has 0 aromatic carbocycles. The molecule has 0 heterocycles. The number of hydrogen-bond donors (Lipinski definition) is 0. The molecule has 2 atom stereocenters. The summed E-state index contributed by atoms with van der Waals surface area (Å²) >= 11 is 0. The summed E-state index contributed by atoms with van der Waals surface area (Å²) in [4.78, 5) is 0. The maximum atomic E-state index is 12.4. The number of alkyl halides is 6. The average molecular weight is 207 g/mol. The molecule has 0 aliphatic heterocycles. The average Bonchev–Trinajstić information content (AvgIpc) is 2.01. The minimum atomic E-state index is -3.98. The zero-order chi connectivity index (χ0) is 10.6. The molecule has 0 spiro atoms. The van der Waals surface area contributed by atoms with Gasteiger partial charge < -0.3 is 0 Å². The first kappa shape index (κ1) is 12.6. The molecule has 0 amide bonds. The van der Waals surface area contributed by atoms with Crippen molar-refractivity contribution in [3.05, 3.63) is 6.92 Å². The quantitative estimate of drug-likeness (QED) is 0.607. The lowest BCUT2D eigenvalue weighted by molar-refractivity contribution is -0.104. The SMILES string of the molecule is [CH2]CC(F)(F)[C@@H](F)C(F)CC(F)F. The van der Waals surface area contributed by atoms with Crippen LogP contribution >= 0.6 is 0 Å². The Bertz CT molecular complexity index is 146. The number of halogens is 6. The van der Waals surface area contributed by atoms with Gasteiger partial charge in [0.1, 0.15) is 6.17 Å². The van der Waals surface area contributed by atoms with Crippen molar-refractivity contribution < 1.29 is 26.3 Å². The largest absolute Gasteiger partial charge is 0.281 e. The van der Waals surface area contributed by atoms with Gasteiger partial charge in [-0.15, -0.1) is 0 Å².